The second-order valence-electron chi connectivity index (χ2n) is 9.28. The van der Waals surface area contributed by atoms with Crippen LogP contribution >= 0.6 is 0 Å². The second-order valence-corrected chi connectivity index (χ2v) is 9.28. The SMILES string of the molecule is COc1ccc(CN2CCC2(COc2cnc(-c3ccncc3)c(C(F)F)c2)CC(C)C)cc1. The summed E-state index contributed by atoms with van der Waals surface area (Å²) >= 11 is 0. The van der Waals surface area contributed by atoms with Crippen LogP contribution in [0.4, 0.5) is 8.78 Å². The van der Waals surface area contributed by atoms with E-state index in [0.29, 0.717) is 23.8 Å². The van der Waals surface area contributed by atoms with Gasteiger partial charge in [0.05, 0.1) is 24.5 Å². The Morgan fingerprint density at radius 2 is 1.79 bits per heavy atom. The molecule has 0 spiro atoms. The molecule has 0 bridgehead atoms. The van der Waals surface area contributed by atoms with E-state index in [1.54, 1.807) is 31.6 Å². The molecule has 1 aliphatic rings. The Morgan fingerprint density at radius 3 is 2.38 bits per heavy atom. The molecular weight excluding hydrogens is 436 g/mol. The molecule has 0 radical (unpaired) electrons. The van der Waals surface area contributed by atoms with Crippen LogP contribution in [0.2, 0.25) is 0 Å². The summed E-state index contributed by atoms with van der Waals surface area (Å²) in [6.45, 7) is 6.61. The molecular formula is C27H31F2N3O2. The smallest absolute Gasteiger partial charge is 0.266 e. The number of hydrogen-bond acceptors (Lipinski definition) is 5. The molecule has 180 valence electrons. The maximum atomic E-state index is 13.8. The second kappa shape index (κ2) is 10.5. The van der Waals surface area contributed by atoms with Gasteiger partial charge in [-0.2, -0.15) is 0 Å². The largest absolute Gasteiger partial charge is 0.497 e. The molecule has 0 amide bonds. The quantitative estimate of drug-likeness (QED) is 0.357. The molecule has 1 aliphatic heterocycles. The van der Waals surface area contributed by atoms with Crippen LogP contribution in [0.5, 0.6) is 11.5 Å². The first-order chi connectivity index (χ1) is 16.4. The Morgan fingerprint density at radius 1 is 1.06 bits per heavy atom. The number of halogens is 2. The summed E-state index contributed by atoms with van der Waals surface area (Å²) < 4.78 is 39.1. The third kappa shape index (κ3) is 5.36. The van der Waals surface area contributed by atoms with E-state index in [4.69, 9.17) is 9.47 Å². The number of likely N-dealkylation sites (tertiary alicyclic amines) is 1. The molecule has 1 atom stereocenters. The van der Waals surface area contributed by atoms with E-state index >= 15 is 0 Å². The van der Waals surface area contributed by atoms with E-state index < -0.39 is 6.43 Å². The van der Waals surface area contributed by atoms with Crippen LogP contribution in [-0.2, 0) is 6.54 Å². The molecule has 7 heteroatoms. The van der Waals surface area contributed by atoms with Gasteiger partial charge < -0.3 is 9.47 Å². The third-order valence-electron chi connectivity index (χ3n) is 6.43. The van der Waals surface area contributed by atoms with Crippen LogP contribution in [0.1, 0.15) is 44.2 Å². The van der Waals surface area contributed by atoms with E-state index in [-0.39, 0.29) is 16.8 Å². The molecule has 0 aliphatic carbocycles. The van der Waals surface area contributed by atoms with Crippen LogP contribution in [0, 0.1) is 5.92 Å². The highest BCUT2D eigenvalue weighted by atomic mass is 19.3. The number of ether oxygens (including phenoxy) is 2. The molecule has 4 rings (SSSR count). The summed E-state index contributed by atoms with van der Waals surface area (Å²) in [6, 6.07) is 12.9. The number of rotatable bonds is 10. The summed E-state index contributed by atoms with van der Waals surface area (Å²) in [6.07, 6.45) is 4.00. The predicted molar refractivity (Wildman–Crippen MR) is 128 cm³/mol. The number of alkyl halides is 2. The number of methoxy groups -OCH3 is 1. The fourth-order valence-electron chi connectivity index (χ4n) is 4.67. The van der Waals surface area contributed by atoms with Crippen molar-refractivity contribution in [2.24, 2.45) is 5.92 Å². The van der Waals surface area contributed by atoms with Crippen molar-refractivity contribution in [2.45, 2.75) is 45.2 Å². The standard InChI is InChI=1S/C27H31F2N3O2/c1-19(2)15-27(10-13-32(27)17-20-4-6-22(33-3)7-5-20)18-34-23-14-24(26(28)29)25(31-16-23)21-8-11-30-12-9-21/h4-9,11-12,14,16,19,26H,10,13,15,17-18H2,1-3H3. The average molecular weight is 468 g/mol. The summed E-state index contributed by atoms with van der Waals surface area (Å²) in [5.74, 6) is 1.68. The molecule has 1 unspecified atom stereocenters. The highest BCUT2D eigenvalue weighted by Crippen LogP contribution is 2.39. The predicted octanol–water partition coefficient (Wildman–Crippen LogP) is 6.16. The van der Waals surface area contributed by atoms with Crippen LogP contribution in [-0.4, -0.2) is 40.7 Å². The number of pyridine rings is 2. The van der Waals surface area contributed by atoms with Gasteiger partial charge in [0.25, 0.3) is 6.43 Å². The fourth-order valence-corrected chi connectivity index (χ4v) is 4.67. The van der Waals surface area contributed by atoms with Gasteiger partial charge in [0.1, 0.15) is 18.1 Å². The molecule has 1 saturated heterocycles. The first kappa shape index (κ1) is 24.1. The molecule has 1 aromatic carbocycles. The monoisotopic (exact) mass is 467 g/mol. The van der Waals surface area contributed by atoms with Gasteiger partial charge in [-0.15, -0.1) is 0 Å². The molecule has 1 fully saturated rings. The van der Waals surface area contributed by atoms with Crippen LogP contribution < -0.4 is 9.47 Å². The van der Waals surface area contributed by atoms with E-state index in [1.165, 1.54) is 17.8 Å². The van der Waals surface area contributed by atoms with Crippen molar-refractivity contribution >= 4 is 0 Å². The van der Waals surface area contributed by atoms with Gasteiger partial charge in [-0.25, -0.2) is 8.78 Å². The zero-order valence-corrected chi connectivity index (χ0v) is 19.9. The van der Waals surface area contributed by atoms with Gasteiger partial charge in [0.15, 0.2) is 0 Å². The van der Waals surface area contributed by atoms with Crippen LogP contribution in [0.25, 0.3) is 11.3 Å². The minimum absolute atomic E-state index is 0.134. The first-order valence-electron chi connectivity index (χ1n) is 11.6. The lowest BCUT2D eigenvalue weighted by Gasteiger charge is -2.53. The lowest BCUT2D eigenvalue weighted by Crippen LogP contribution is -2.63. The molecule has 3 heterocycles. The molecule has 34 heavy (non-hydrogen) atoms. The molecule has 5 nitrogen and oxygen atoms in total. The third-order valence-corrected chi connectivity index (χ3v) is 6.43. The lowest BCUT2D eigenvalue weighted by atomic mass is 9.78. The molecule has 0 saturated carbocycles. The van der Waals surface area contributed by atoms with Gasteiger partial charge in [-0.3, -0.25) is 14.9 Å². The van der Waals surface area contributed by atoms with Crippen molar-refractivity contribution in [2.75, 3.05) is 20.3 Å². The zero-order valence-electron chi connectivity index (χ0n) is 19.9. The first-order valence-corrected chi connectivity index (χ1v) is 11.6. The average Bonchev–Trinajstić information content (AvgIpc) is 2.85. The van der Waals surface area contributed by atoms with Gasteiger partial charge in [-0.1, -0.05) is 26.0 Å². The highest BCUT2D eigenvalue weighted by molar-refractivity contribution is 5.63. The summed E-state index contributed by atoms with van der Waals surface area (Å²) in [7, 11) is 1.66. The van der Waals surface area contributed by atoms with Crippen molar-refractivity contribution in [3.8, 4) is 22.8 Å². The van der Waals surface area contributed by atoms with Crippen molar-refractivity contribution in [1.29, 1.82) is 0 Å². The number of aromatic nitrogens is 2. The van der Waals surface area contributed by atoms with E-state index in [9.17, 15) is 8.78 Å². The molecule has 0 N–H and O–H groups in total. The summed E-state index contributed by atoms with van der Waals surface area (Å²) in [5, 5.41) is 0. The Hall–Kier alpha value is -3.06. The van der Waals surface area contributed by atoms with Gasteiger partial charge in [0, 0.05) is 36.6 Å². The Bertz CT molecular complexity index is 1080. The number of benzene rings is 1. The summed E-state index contributed by atoms with van der Waals surface area (Å²) in [4.78, 5) is 10.7. The van der Waals surface area contributed by atoms with Crippen molar-refractivity contribution < 1.29 is 18.3 Å². The van der Waals surface area contributed by atoms with Crippen molar-refractivity contribution in [1.82, 2.24) is 14.9 Å². The molecule has 2 aromatic heterocycles. The number of nitrogens with zero attached hydrogens (tertiary/aromatic N) is 3. The maximum absolute atomic E-state index is 13.8. The van der Waals surface area contributed by atoms with E-state index in [2.05, 4.69) is 40.8 Å². The Balaban J connectivity index is 1.51. The summed E-state index contributed by atoms with van der Waals surface area (Å²) in [5.41, 5.74) is 1.80. The van der Waals surface area contributed by atoms with Gasteiger partial charge >= 0.3 is 0 Å². The number of hydrogen-bond donors (Lipinski definition) is 0. The minimum Gasteiger partial charge on any atom is -0.497 e. The Kier molecular flexibility index (Phi) is 7.41. The van der Waals surface area contributed by atoms with Gasteiger partial charge in [0.2, 0.25) is 0 Å². The van der Waals surface area contributed by atoms with Crippen LogP contribution in [0.3, 0.4) is 0 Å². The highest BCUT2D eigenvalue weighted by Gasteiger charge is 2.45. The topological polar surface area (TPSA) is 47.5 Å². The molecule has 3 aromatic rings. The maximum Gasteiger partial charge on any atom is 0.266 e. The van der Waals surface area contributed by atoms with Gasteiger partial charge in [-0.05, 0) is 54.7 Å². The normalized spacial score (nSPS) is 18.2. The minimum atomic E-state index is -2.65. The Labute approximate surface area is 199 Å². The van der Waals surface area contributed by atoms with Crippen molar-refractivity contribution in [3.05, 3.63) is 72.2 Å². The lowest BCUT2D eigenvalue weighted by molar-refractivity contribution is -0.0660. The van der Waals surface area contributed by atoms with E-state index in [1.807, 2.05) is 12.1 Å². The van der Waals surface area contributed by atoms with Crippen LogP contribution in [0.15, 0.2) is 61.1 Å². The fraction of sp³-hybridized carbons (Fsp3) is 0.407. The van der Waals surface area contributed by atoms with Crippen molar-refractivity contribution in [3.63, 3.8) is 0 Å². The van der Waals surface area contributed by atoms with E-state index in [0.717, 1.165) is 31.7 Å². The zero-order chi connectivity index (χ0) is 24.1.